The molecule has 34 heavy (non-hydrogen) atoms. The van der Waals surface area contributed by atoms with Crippen molar-refractivity contribution in [2.75, 3.05) is 0 Å². The van der Waals surface area contributed by atoms with Gasteiger partial charge in [-0.15, -0.1) is 0 Å². The number of aliphatic hydroxyl groups is 1. The van der Waals surface area contributed by atoms with Gasteiger partial charge < -0.3 is 9.84 Å². The minimum absolute atomic E-state index is 0.141. The van der Waals surface area contributed by atoms with Gasteiger partial charge in [0, 0.05) is 22.9 Å². The van der Waals surface area contributed by atoms with Crippen LogP contribution in [0.2, 0.25) is 0 Å². The lowest BCUT2D eigenvalue weighted by Gasteiger charge is -2.19. The summed E-state index contributed by atoms with van der Waals surface area (Å²) in [6, 6.07) is 14.5. The number of fused-ring (bicyclic) bond motifs is 1. The maximum atomic E-state index is 10.2. The second kappa shape index (κ2) is 12.8. The van der Waals surface area contributed by atoms with Gasteiger partial charge >= 0.3 is 0 Å². The largest absolute Gasteiger partial charge is 0.512 e. The van der Waals surface area contributed by atoms with Crippen molar-refractivity contribution in [1.82, 2.24) is 9.78 Å². The second-order valence-corrected chi connectivity index (χ2v) is 8.32. The van der Waals surface area contributed by atoms with Gasteiger partial charge in [-0.2, -0.15) is 5.10 Å². The van der Waals surface area contributed by atoms with Gasteiger partial charge in [-0.05, 0) is 56.5 Å². The number of aliphatic hydroxyl groups excluding tert-OH is 1. The molecule has 0 amide bonds. The van der Waals surface area contributed by atoms with Crippen molar-refractivity contribution < 1.29 is 9.84 Å². The molecule has 2 aromatic carbocycles. The summed E-state index contributed by atoms with van der Waals surface area (Å²) in [5.74, 6) is 0.785. The van der Waals surface area contributed by atoms with Crippen LogP contribution in [0, 0.1) is 0 Å². The number of ether oxygens (including phenoxy) is 1. The molecule has 0 saturated carbocycles. The van der Waals surface area contributed by atoms with Crippen molar-refractivity contribution >= 4 is 16.5 Å². The fraction of sp³-hybridized carbons (Fsp3) is 0.367. The Balaban J connectivity index is 0.00000199. The number of para-hydroxylation sites is 1. The van der Waals surface area contributed by atoms with E-state index in [1.807, 2.05) is 55.8 Å². The predicted octanol–water partition coefficient (Wildman–Crippen LogP) is 8.77. The first-order valence-corrected chi connectivity index (χ1v) is 12.3. The van der Waals surface area contributed by atoms with Crippen LogP contribution < -0.4 is 4.74 Å². The van der Waals surface area contributed by atoms with Crippen LogP contribution in [0.3, 0.4) is 0 Å². The molecule has 4 nitrogen and oxygen atoms in total. The molecule has 1 N–H and O–H groups in total. The highest BCUT2D eigenvalue weighted by atomic mass is 16.5. The average Bonchev–Trinajstić information content (AvgIpc) is 3.22. The first-order chi connectivity index (χ1) is 16.4. The predicted molar refractivity (Wildman–Crippen MR) is 146 cm³/mol. The SMILES string of the molecule is C=C/C(=C\C)c1ccc2c(c1)c(COc1ccccc1C(CCC)C(=C)O)nn2C(C)C.CC. The summed E-state index contributed by atoms with van der Waals surface area (Å²) >= 11 is 0. The van der Waals surface area contributed by atoms with Crippen LogP contribution in [0.25, 0.3) is 16.5 Å². The van der Waals surface area contributed by atoms with Gasteiger partial charge in [0.1, 0.15) is 18.1 Å². The Morgan fingerprint density at radius 2 is 1.88 bits per heavy atom. The van der Waals surface area contributed by atoms with E-state index in [0.717, 1.165) is 51.9 Å². The molecule has 0 saturated heterocycles. The van der Waals surface area contributed by atoms with E-state index < -0.39 is 0 Å². The smallest absolute Gasteiger partial charge is 0.133 e. The molecule has 3 rings (SSSR count). The molecule has 0 fully saturated rings. The number of rotatable bonds is 10. The van der Waals surface area contributed by atoms with Crippen molar-refractivity contribution in [2.45, 2.75) is 73.0 Å². The normalized spacial score (nSPS) is 12.3. The van der Waals surface area contributed by atoms with Gasteiger partial charge in [0.05, 0.1) is 11.3 Å². The first-order valence-electron chi connectivity index (χ1n) is 12.3. The van der Waals surface area contributed by atoms with E-state index in [-0.39, 0.29) is 17.7 Å². The van der Waals surface area contributed by atoms with E-state index in [1.165, 1.54) is 0 Å². The number of aromatic nitrogens is 2. The standard InChI is InChI=1S/C28H34N2O2.C2H6/c1-7-12-23(20(6)31)24-13-10-11-14-28(24)32-18-26-25-17-22(21(8-2)9-3)15-16-27(25)30(29-26)19(4)5;1-2/h8-11,13-17,19,23,31H,2,6-7,12,18H2,1,3-5H3;1-2H3/b21-9+;. The zero-order valence-electron chi connectivity index (χ0n) is 21.6. The number of nitrogens with zero attached hydrogens (tertiary/aromatic N) is 2. The summed E-state index contributed by atoms with van der Waals surface area (Å²) < 4.78 is 8.34. The van der Waals surface area contributed by atoms with Crippen LogP contribution in [-0.4, -0.2) is 14.9 Å². The lowest BCUT2D eigenvalue weighted by Crippen LogP contribution is -2.07. The molecule has 1 aromatic heterocycles. The van der Waals surface area contributed by atoms with Crippen LogP contribution in [0.5, 0.6) is 5.75 Å². The van der Waals surface area contributed by atoms with Crippen LogP contribution in [0.1, 0.15) is 83.2 Å². The lowest BCUT2D eigenvalue weighted by atomic mass is 9.92. The molecule has 3 aromatic rings. The van der Waals surface area contributed by atoms with Gasteiger partial charge in [0.15, 0.2) is 0 Å². The fourth-order valence-electron chi connectivity index (χ4n) is 4.12. The quantitative estimate of drug-likeness (QED) is 0.243. The third-order valence-electron chi connectivity index (χ3n) is 5.77. The Labute approximate surface area is 205 Å². The van der Waals surface area contributed by atoms with E-state index >= 15 is 0 Å². The number of allylic oxidation sites excluding steroid dienone is 4. The molecule has 1 atom stereocenters. The van der Waals surface area contributed by atoms with E-state index in [9.17, 15) is 5.11 Å². The van der Waals surface area contributed by atoms with E-state index in [0.29, 0.717) is 6.61 Å². The zero-order valence-corrected chi connectivity index (χ0v) is 21.6. The van der Waals surface area contributed by atoms with Crippen molar-refractivity contribution in [3.05, 3.63) is 90.4 Å². The third-order valence-corrected chi connectivity index (χ3v) is 5.77. The lowest BCUT2D eigenvalue weighted by molar-refractivity contribution is 0.290. The average molecular weight is 461 g/mol. The molecule has 0 spiro atoms. The summed E-state index contributed by atoms with van der Waals surface area (Å²) in [6.07, 6.45) is 5.69. The monoisotopic (exact) mass is 460 g/mol. The Morgan fingerprint density at radius 3 is 2.47 bits per heavy atom. The summed E-state index contributed by atoms with van der Waals surface area (Å²) in [5.41, 5.74) is 5.13. The molecule has 0 aliphatic rings. The summed E-state index contributed by atoms with van der Waals surface area (Å²) in [5, 5.41) is 16.1. The van der Waals surface area contributed by atoms with Crippen LogP contribution >= 0.6 is 0 Å². The maximum absolute atomic E-state index is 10.2. The van der Waals surface area contributed by atoms with Gasteiger partial charge in [0.2, 0.25) is 0 Å². The van der Waals surface area contributed by atoms with Crippen molar-refractivity contribution in [3.63, 3.8) is 0 Å². The molecular formula is C30H40N2O2. The molecule has 182 valence electrons. The topological polar surface area (TPSA) is 47.3 Å². The van der Waals surface area contributed by atoms with Gasteiger partial charge in [-0.1, -0.05) is 76.8 Å². The highest BCUT2D eigenvalue weighted by Gasteiger charge is 2.20. The molecular weight excluding hydrogens is 420 g/mol. The van der Waals surface area contributed by atoms with E-state index in [1.54, 1.807) is 0 Å². The summed E-state index contributed by atoms with van der Waals surface area (Å²) in [4.78, 5) is 0. The van der Waals surface area contributed by atoms with Gasteiger partial charge in [0.25, 0.3) is 0 Å². The number of hydrogen-bond donors (Lipinski definition) is 1. The van der Waals surface area contributed by atoms with Crippen molar-refractivity contribution in [2.24, 2.45) is 0 Å². The zero-order chi connectivity index (χ0) is 25.3. The van der Waals surface area contributed by atoms with E-state index in [2.05, 4.69) is 58.2 Å². The maximum Gasteiger partial charge on any atom is 0.133 e. The van der Waals surface area contributed by atoms with E-state index in [4.69, 9.17) is 9.84 Å². The molecule has 0 aliphatic heterocycles. The Morgan fingerprint density at radius 1 is 1.18 bits per heavy atom. The molecule has 0 aliphatic carbocycles. The molecule has 4 heteroatoms. The van der Waals surface area contributed by atoms with Gasteiger partial charge in [-0.3, -0.25) is 4.68 Å². The number of hydrogen-bond acceptors (Lipinski definition) is 3. The molecule has 0 radical (unpaired) electrons. The van der Waals surface area contributed by atoms with Crippen LogP contribution in [-0.2, 0) is 6.61 Å². The minimum atomic E-state index is -0.141. The number of benzene rings is 2. The molecule has 0 bridgehead atoms. The highest BCUT2D eigenvalue weighted by Crippen LogP contribution is 2.34. The third kappa shape index (κ3) is 5.99. The highest BCUT2D eigenvalue weighted by molar-refractivity contribution is 5.87. The van der Waals surface area contributed by atoms with Crippen molar-refractivity contribution in [1.29, 1.82) is 0 Å². The van der Waals surface area contributed by atoms with Crippen LogP contribution in [0.15, 0.2) is 73.5 Å². The Bertz CT molecular complexity index is 1140. The molecule has 1 heterocycles. The molecule has 1 unspecified atom stereocenters. The first kappa shape index (κ1) is 27.0. The van der Waals surface area contributed by atoms with Crippen molar-refractivity contribution in [3.8, 4) is 5.75 Å². The summed E-state index contributed by atoms with van der Waals surface area (Å²) in [7, 11) is 0. The summed E-state index contributed by atoms with van der Waals surface area (Å²) in [6.45, 7) is 20.4. The van der Waals surface area contributed by atoms with Gasteiger partial charge in [-0.25, -0.2) is 0 Å². The van der Waals surface area contributed by atoms with Crippen LogP contribution in [0.4, 0.5) is 0 Å². The Hall–Kier alpha value is -3.27. The minimum Gasteiger partial charge on any atom is -0.512 e. The Kier molecular flexibility index (Phi) is 10.2. The second-order valence-electron chi connectivity index (χ2n) is 8.32. The fourth-order valence-corrected chi connectivity index (χ4v) is 4.12.